The third-order valence-corrected chi connectivity index (χ3v) is 12.2. The Hall–Kier alpha value is -1.18. The molecule has 4 aliphatic carbocycles. The molecule has 0 aromatic heterocycles. The highest BCUT2D eigenvalue weighted by Crippen LogP contribution is 2.69. The average Bonchev–Trinajstić information content (AvgIpc) is 3.48. The zero-order chi connectivity index (χ0) is 26.5. The van der Waals surface area contributed by atoms with Crippen LogP contribution >= 0.6 is 0 Å². The summed E-state index contributed by atoms with van der Waals surface area (Å²) in [5, 5.41) is 0. The predicted octanol–water partition coefficient (Wildman–Crippen LogP) is 5.31. The number of methoxy groups -OCH3 is 3. The molecule has 5 rings (SSSR count). The molecule has 7 nitrogen and oxygen atoms in total. The van der Waals surface area contributed by atoms with E-state index in [-0.39, 0.29) is 23.5 Å². The molecule has 4 saturated carbocycles. The molecule has 1 aliphatic heterocycles. The lowest BCUT2D eigenvalue weighted by molar-refractivity contribution is -0.218. The first-order chi connectivity index (χ1) is 17.7. The van der Waals surface area contributed by atoms with Crippen molar-refractivity contribution in [3.8, 4) is 0 Å². The number of imide groups is 1. The Bertz CT molecular complexity index is 865. The first-order valence-electron chi connectivity index (χ1n) is 14.7. The Balaban J connectivity index is 1.36. The van der Waals surface area contributed by atoms with E-state index in [1.807, 2.05) is 21.3 Å². The van der Waals surface area contributed by atoms with E-state index in [0.29, 0.717) is 66.6 Å². The van der Waals surface area contributed by atoms with Gasteiger partial charge in [-0.1, -0.05) is 20.8 Å². The summed E-state index contributed by atoms with van der Waals surface area (Å²) in [7, 11) is 5.70. The molecule has 5 fully saturated rings. The van der Waals surface area contributed by atoms with E-state index in [2.05, 4.69) is 20.8 Å². The molecular formula is C30H49NO6. The summed E-state index contributed by atoms with van der Waals surface area (Å²) in [5.41, 5.74) is 0.377. The molecule has 5 aliphatic rings. The number of carbonyl (C=O) groups excluding carboxylic acids is 2. The largest absolute Gasteiger partial charge is 0.447 e. The molecule has 7 heteroatoms. The fourth-order valence-electron chi connectivity index (χ4n) is 10.2. The summed E-state index contributed by atoms with van der Waals surface area (Å²) in [6, 6.07) is 0. The van der Waals surface area contributed by atoms with Crippen LogP contribution in [0, 0.1) is 46.3 Å². The van der Waals surface area contributed by atoms with Gasteiger partial charge in [0, 0.05) is 33.2 Å². The number of ether oxygens (including phenoxy) is 4. The molecule has 1 saturated heterocycles. The van der Waals surface area contributed by atoms with Crippen LogP contribution in [0.5, 0.6) is 0 Å². The van der Waals surface area contributed by atoms with Crippen molar-refractivity contribution in [2.45, 2.75) is 96.9 Å². The first kappa shape index (κ1) is 27.4. The Morgan fingerprint density at radius 2 is 1.84 bits per heavy atom. The van der Waals surface area contributed by atoms with Gasteiger partial charge in [-0.25, -0.2) is 9.69 Å². The first-order valence-corrected chi connectivity index (χ1v) is 14.7. The number of hydrogen-bond donors (Lipinski definition) is 0. The van der Waals surface area contributed by atoms with Crippen LogP contribution in [0.15, 0.2) is 0 Å². The second kappa shape index (κ2) is 10.4. The van der Waals surface area contributed by atoms with Gasteiger partial charge in [-0.05, 0) is 92.3 Å². The fraction of sp³-hybridized carbons (Fsp3) is 0.933. The summed E-state index contributed by atoms with van der Waals surface area (Å²) in [6.45, 7) is 8.05. The highest BCUT2D eigenvalue weighted by atomic mass is 16.6. The molecule has 11 atom stereocenters. The van der Waals surface area contributed by atoms with Crippen LogP contribution in [0.4, 0.5) is 4.79 Å². The van der Waals surface area contributed by atoms with Crippen molar-refractivity contribution in [3.63, 3.8) is 0 Å². The molecule has 1 heterocycles. The van der Waals surface area contributed by atoms with Crippen LogP contribution in [0.25, 0.3) is 0 Å². The van der Waals surface area contributed by atoms with Crippen molar-refractivity contribution in [1.29, 1.82) is 0 Å². The van der Waals surface area contributed by atoms with Crippen LogP contribution in [-0.2, 0) is 23.7 Å². The van der Waals surface area contributed by atoms with Gasteiger partial charge in [0.2, 0.25) is 5.91 Å². The van der Waals surface area contributed by atoms with E-state index in [1.54, 1.807) is 0 Å². The van der Waals surface area contributed by atoms with Crippen molar-refractivity contribution in [3.05, 3.63) is 0 Å². The number of fused-ring (bicyclic) bond motifs is 5. The molecule has 0 aromatic carbocycles. The summed E-state index contributed by atoms with van der Waals surface area (Å²) in [6.07, 6.45) is 9.74. The van der Waals surface area contributed by atoms with E-state index >= 15 is 0 Å². The van der Waals surface area contributed by atoms with Gasteiger partial charge in [-0.3, -0.25) is 4.79 Å². The minimum atomic E-state index is -0.488. The molecule has 2 amide bonds. The third kappa shape index (κ3) is 4.35. The quantitative estimate of drug-likeness (QED) is 0.454. The molecule has 0 bridgehead atoms. The predicted molar refractivity (Wildman–Crippen MR) is 140 cm³/mol. The summed E-state index contributed by atoms with van der Waals surface area (Å²) < 4.78 is 23.5. The molecular weight excluding hydrogens is 470 g/mol. The molecule has 0 N–H and O–H groups in total. The lowest BCUT2D eigenvalue weighted by atomic mass is 9.43. The minimum Gasteiger partial charge on any atom is -0.447 e. The van der Waals surface area contributed by atoms with Crippen molar-refractivity contribution >= 4 is 12.0 Å². The van der Waals surface area contributed by atoms with Gasteiger partial charge in [0.1, 0.15) is 6.61 Å². The van der Waals surface area contributed by atoms with E-state index < -0.39 is 6.09 Å². The number of carbonyl (C=O) groups is 2. The standard InChI is InChI=1S/C30H49NO6/c1-18(7-10-26(32)31-13-14-37-28(31)33)21-8-9-22-27-23(17-25(36-6)30(21,22)3)29(2)12-11-20(34-4)15-19(29)16-24(27)35-5/h18-25,27H,7-17H2,1-6H3/t18-,19+,20-,21-,22+,23+,24-,25+,27+,29+,30-/m1/s1. The summed E-state index contributed by atoms with van der Waals surface area (Å²) in [5.74, 6) is 3.15. The van der Waals surface area contributed by atoms with Crippen LogP contribution in [0.1, 0.15) is 78.6 Å². The molecule has 210 valence electrons. The molecule has 0 unspecified atom stereocenters. The van der Waals surface area contributed by atoms with E-state index in [1.165, 1.54) is 24.2 Å². The van der Waals surface area contributed by atoms with Crippen LogP contribution in [0.2, 0.25) is 0 Å². The number of rotatable bonds is 7. The van der Waals surface area contributed by atoms with Crippen molar-refractivity contribution in [2.75, 3.05) is 34.5 Å². The number of nitrogens with zero attached hydrogens (tertiary/aromatic N) is 1. The normalized spacial score (nSPS) is 46.1. The SMILES string of the molecule is CO[C@@H]1CC[C@@]2(C)[C@@H](C1)C[C@@H](OC)[C@@H]1[C@@H]2C[C@H](OC)[C@]2(C)[C@@H]([C@H](C)CCC(=O)N3CCOC3=O)CC[C@@H]12. The van der Waals surface area contributed by atoms with Gasteiger partial charge in [-0.15, -0.1) is 0 Å². The van der Waals surface area contributed by atoms with Crippen molar-refractivity contribution in [1.82, 2.24) is 4.90 Å². The number of amides is 2. The maximum atomic E-state index is 12.7. The lowest BCUT2D eigenvalue weighted by Gasteiger charge is -2.64. The topological polar surface area (TPSA) is 74.3 Å². The molecule has 0 aromatic rings. The number of hydrogen-bond acceptors (Lipinski definition) is 6. The third-order valence-electron chi connectivity index (χ3n) is 12.2. The van der Waals surface area contributed by atoms with Gasteiger partial charge in [-0.2, -0.15) is 0 Å². The molecule has 0 radical (unpaired) electrons. The maximum absolute atomic E-state index is 12.7. The smallest absolute Gasteiger partial charge is 0.416 e. The Morgan fingerprint density at radius 3 is 2.49 bits per heavy atom. The summed E-state index contributed by atoms with van der Waals surface area (Å²) >= 11 is 0. The average molecular weight is 520 g/mol. The van der Waals surface area contributed by atoms with E-state index in [0.717, 1.165) is 32.1 Å². The van der Waals surface area contributed by atoms with Gasteiger partial charge in [0.15, 0.2) is 0 Å². The van der Waals surface area contributed by atoms with Gasteiger partial charge in [0.25, 0.3) is 0 Å². The Kier molecular flexibility index (Phi) is 7.71. The lowest BCUT2D eigenvalue weighted by Crippen LogP contribution is -2.63. The number of cyclic esters (lactones) is 1. The van der Waals surface area contributed by atoms with Gasteiger partial charge < -0.3 is 18.9 Å². The van der Waals surface area contributed by atoms with Crippen LogP contribution in [-0.4, -0.2) is 69.7 Å². The Labute approximate surface area is 223 Å². The monoisotopic (exact) mass is 519 g/mol. The fourth-order valence-corrected chi connectivity index (χ4v) is 10.2. The maximum Gasteiger partial charge on any atom is 0.416 e. The second-order valence-electron chi connectivity index (χ2n) is 13.3. The minimum absolute atomic E-state index is 0.0642. The highest BCUT2D eigenvalue weighted by Gasteiger charge is 2.66. The van der Waals surface area contributed by atoms with Gasteiger partial charge in [0.05, 0.1) is 24.9 Å². The Morgan fingerprint density at radius 1 is 1.05 bits per heavy atom. The van der Waals surface area contributed by atoms with Crippen molar-refractivity contribution in [2.24, 2.45) is 46.3 Å². The van der Waals surface area contributed by atoms with E-state index in [9.17, 15) is 9.59 Å². The summed E-state index contributed by atoms with van der Waals surface area (Å²) in [4.78, 5) is 25.8. The van der Waals surface area contributed by atoms with Crippen molar-refractivity contribution < 1.29 is 28.5 Å². The molecule has 37 heavy (non-hydrogen) atoms. The van der Waals surface area contributed by atoms with Crippen LogP contribution in [0.3, 0.4) is 0 Å². The second-order valence-corrected chi connectivity index (χ2v) is 13.3. The van der Waals surface area contributed by atoms with Crippen LogP contribution < -0.4 is 0 Å². The highest BCUT2D eigenvalue weighted by molar-refractivity contribution is 5.92. The zero-order valence-electron chi connectivity index (χ0n) is 23.9. The van der Waals surface area contributed by atoms with Gasteiger partial charge >= 0.3 is 6.09 Å². The molecule has 0 spiro atoms. The van der Waals surface area contributed by atoms with E-state index in [4.69, 9.17) is 18.9 Å². The zero-order valence-corrected chi connectivity index (χ0v) is 23.9.